The summed E-state index contributed by atoms with van der Waals surface area (Å²) in [4.78, 5) is 13.7. The van der Waals surface area contributed by atoms with E-state index >= 15 is 0 Å². The first-order chi connectivity index (χ1) is 9.61. The maximum Gasteiger partial charge on any atom is 0.222 e. The van der Waals surface area contributed by atoms with E-state index < -0.39 is 11.6 Å². The van der Waals surface area contributed by atoms with Crippen LogP contribution in [0, 0.1) is 11.6 Å². The molecule has 0 atom stereocenters. The average molecular weight is 283 g/mol. The monoisotopic (exact) mass is 283 g/mol. The van der Waals surface area contributed by atoms with E-state index in [1.54, 1.807) is 4.90 Å². The summed E-state index contributed by atoms with van der Waals surface area (Å²) in [5, 5.41) is 8.95. The van der Waals surface area contributed by atoms with Crippen molar-refractivity contribution in [2.75, 3.05) is 13.2 Å². The normalized spacial score (nSPS) is 14.3. The van der Waals surface area contributed by atoms with Crippen LogP contribution in [0.2, 0.25) is 0 Å². The zero-order chi connectivity index (χ0) is 14.5. The van der Waals surface area contributed by atoms with Crippen LogP contribution in [0.25, 0.3) is 0 Å². The minimum absolute atomic E-state index is 0.0154. The van der Waals surface area contributed by atoms with Crippen molar-refractivity contribution < 1.29 is 18.7 Å². The number of benzene rings is 1. The Labute approximate surface area is 117 Å². The van der Waals surface area contributed by atoms with E-state index in [0.717, 1.165) is 25.0 Å². The molecule has 1 N–H and O–H groups in total. The van der Waals surface area contributed by atoms with E-state index in [0.29, 0.717) is 31.4 Å². The number of nitrogens with zero attached hydrogens (tertiary/aromatic N) is 1. The zero-order valence-corrected chi connectivity index (χ0v) is 11.3. The van der Waals surface area contributed by atoms with Crippen LogP contribution in [0.3, 0.4) is 0 Å². The molecule has 1 saturated carbocycles. The van der Waals surface area contributed by atoms with Gasteiger partial charge in [0.15, 0.2) is 0 Å². The molecule has 2 rings (SSSR count). The van der Waals surface area contributed by atoms with Crippen molar-refractivity contribution in [3.05, 3.63) is 35.4 Å². The van der Waals surface area contributed by atoms with E-state index in [1.807, 2.05) is 0 Å². The third-order valence-electron chi connectivity index (χ3n) is 3.49. The van der Waals surface area contributed by atoms with Gasteiger partial charge in [-0.2, -0.15) is 0 Å². The number of aryl methyl sites for hydroxylation is 1. The molecule has 20 heavy (non-hydrogen) atoms. The van der Waals surface area contributed by atoms with Crippen LogP contribution in [-0.4, -0.2) is 35.1 Å². The molecule has 0 saturated heterocycles. The van der Waals surface area contributed by atoms with Gasteiger partial charge in [-0.05, 0) is 49.4 Å². The third kappa shape index (κ3) is 4.00. The van der Waals surface area contributed by atoms with E-state index in [2.05, 4.69) is 0 Å². The first-order valence-corrected chi connectivity index (χ1v) is 6.96. The van der Waals surface area contributed by atoms with E-state index in [-0.39, 0.29) is 18.6 Å². The van der Waals surface area contributed by atoms with Gasteiger partial charge in [-0.25, -0.2) is 8.78 Å². The molecule has 3 nitrogen and oxygen atoms in total. The number of carbonyl (C=O) groups excluding carboxylic acids is 1. The van der Waals surface area contributed by atoms with Crippen molar-refractivity contribution in [1.82, 2.24) is 4.90 Å². The van der Waals surface area contributed by atoms with Gasteiger partial charge in [0.2, 0.25) is 5.91 Å². The molecular weight excluding hydrogens is 264 g/mol. The fraction of sp³-hybridized carbons (Fsp3) is 0.533. The minimum Gasteiger partial charge on any atom is -0.395 e. The zero-order valence-electron chi connectivity index (χ0n) is 11.3. The molecule has 1 aliphatic carbocycles. The van der Waals surface area contributed by atoms with Crippen molar-refractivity contribution in [2.24, 2.45) is 0 Å². The number of rotatable bonds is 7. The molecule has 110 valence electrons. The summed E-state index contributed by atoms with van der Waals surface area (Å²) in [6.45, 7) is 0.318. The van der Waals surface area contributed by atoms with Crippen LogP contribution < -0.4 is 0 Å². The molecule has 1 aromatic rings. The number of hydrogen-bond acceptors (Lipinski definition) is 2. The molecule has 0 bridgehead atoms. The van der Waals surface area contributed by atoms with Gasteiger partial charge < -0.3 is 10.0 Å². The summed E-state index contributed by atoms with van der Waals surface area (Å²) in [6, 6.07) is 3.63. The smallest absolute Gasteiger partial charge is 0.222 e. The average Bonchev–Trinajstić information content (AvgIpc) is 3.24. The van der Waals surface area contributed by atoms with Crippen LogP contribution in [0.1, 0.15) is 31.2 Å². The number of amides is 1. The molecule has 0 heterocycles. The van der Waals surface area contributed by atoms with Crippen LogP contribution in [0.4, 0.5) is 8.78 Å². The molecule has 0 aliphatic heterocycles. The fourth-order valence-corrected chi connectivity index (χ4v) is 2.31. The predicted octanol–water partition coefficient (Wildman–Crippen LogP) is 2.27. The fourth-order valence-electron chi connectivity index (χ4n) is 2.31. The molecule has 0 radical (unpaired) electrons. The van der Waals surface area contributed by atoms with Gasteiger partial charge >= 0.3 is 0 Å². The maximum atomic E-state index is 13.4. The van der Waals surface area contributed by atoms with Gasteiger partial charge in [0.25, 0.3) is 0 Å². The van der Waals surface area contributed by atoms with Gasteiger partial charge in [0, 0.05) is 19.0 Å². The van der Waals surface area contributed by atoms with E-state index in [4.69, 9.17) is 5.11 Å². The van der Waals surface area contributed by atoms with E-state index in [9.17, 15) is 13.6 Å². The van der Waals surface area contributed by atoms with Gasteiger partial charge in [-0.3, -0.25) is 4.79 Å². The van der Waals surface area contributed by atoms with Crippen molar-refractivity contribution in [3.63, 3.8) is 0 Å². The third-order valence-corrected chi connectivity index (χ3v) is 3.49. The number of halogens is 2. The molecule has 0 aromatic heterocycles. The van der Waals surface area contributed by atoms with Crippen molar-refractivity contribution in [3.8, 4) is 0 Å². The molecule has 0 unspecified atom stereocenters. The largest absolute Gasteiger partial charge is 0.395 e. The number of aliphatic hydroxyl groups is 1. The Morgan fingerprint density at radius 3 is 2.75 bits per heavy atom. The lowest BCUT2D eigenvalue weighted by Gasteiger charge is -2.21. The van der Waals surface area contributed by atoms with Crippen molar-refractivity contribution in [1.29, 1.82) is 0 Å². The molecule has 1 aliphatic rings. The first-order valence-electron chi connectivity index (χ1n) is 6.96. The Hall–Kier alpha value is -1.49. The SMILES string of the molecule is O=C(CCCc1cc(F)ccc1F)N(CCO)C1CC1. The number of hydrogen-bond donors (Lipinski definition) is 1. The summed E-state index contributed by atoms with van der Waals surface area (Å²) >= 11 is 0. The standard InChI is InChI=1S/C15H19F2NO2/c16-12-4-7-14(17)11(10-12)2-1-3-15(20)18(8-9-19)13-5-6-13/h4,7,10,13,19H,1-3,5-6,8-9H2. The summed E-state index contributed by atoms with van der Waals surface area (Å²) in [6.07, 6.45) is 3.10. The lowest BCUT2D eigenvalue weighted by molar-refractivity contribution is -0.132. The highest BCUT2D eigenvalue weighted by atomic mass is 19.1. The Balaban J connectivity index is 1.82. The highest BCUT2D eigenvalue weighted by Gasteiger charge is 2.31. The summed E-state index contributed by atoms with van der Waals surface area (Å²) in [7, 11) is 0. The lowest BCUT2D eigenvalue weighted by Crippen LogP contribution is -2.35. The minimum atomic E-state index is -0.465. The second-order valence-electron chi connectivity index (χ2n) is 5.13. The summed E-state index contributed by atoms with van der Waals surface area (Å²) < 4.78 is 26.4. The van der Waals surface area contributed by atoms with Crippen LogP contribution in [0.15, 0.2) is 18.2 Å². The second-order valence-corrected chi connectivity index (χ2v) is 5.13. The lowest BCUT2D eigenvalue weighted by atomic mass is 10.1. The van der Waals surface area contributed by atoms with Gasteiger partial charge in [0.1, 0.15) is 11.6 Å². The highest BCUT2D eigenvalue weighted by molar-refractivity contribution is 5.76. The Kier molecular flexibility index (Phi) is 5.06. The molecule has 5 heteroatoms. The van der Waals surface area contributed by atoms with Crippen LogP contribution in [-0.2, 0) is 11.2 Å². The second kappa shape index (κ2) is 6.79. The van der Waals surface area contributed by atoms with Crippen molar-refractivity contribution >= 4 is 5.91 Å². The van der Waals surface area contributed by atoms with Crippen molar-refractivity contribution in [2.45, 2.75) is 38.1 Å². The summed E-state index contributed by atoms with van der Waals surface area (Å²) in [5.74, 6) is -0.917. The Morgan fingerprint density at radius 1 is 1.35 bits per heavy atom. The molecule has 1 aromatic carbocycles. The first kappa shape index (κ1) is 14.9. The van der Waals surface area contributed by atoms with Gasteiger partial charge in [0.05, 0.1) is 6.61 Å². The highest BCUT2D eigenvalue weighted by Crippen LogP contribution is 2.27. The molecule has 1 fully saturated rings. The topological polar surface area (TPSA) is 40.5 Å². The number of aliphatic hydroxyl groups excluding tert-OH is 1. The van der Waals surface area contributed by atoms with E-state index in [1.165, 1.54) is 6.07 Å². The van der Waals surface area contributed by atoms with Crippen LogP contribution in [0.5, 0.6) is 0 Å². The predicted molar refractivity (Wildman–Crippen MR) is 71.1 cm³/mol. The Bertz CT molecular complexity index is 475. The Morgan fingerprint density at radius 2 is 2.10 bits per heavy atom. The summed E-state index contributed by atoms with van der Waals surface area (Å²) in [5.41, 5.74) is 0.304. The molecular formula is C15H19F2NO2. The van der Waals surface area contributed by atoms with Crippen LogP contribution >= 0.6 is 0 Å². The number of carbonyl (C=O) groups is 1. The quantitative estimate of drug-likeness (QED) is 0.834. The maximum absolute atomic E-state index is 13.4. The van der Waals surface area contributed by atoms with Gasteiger partial charge in [-0.15, -0.1) is 0 Å². The molecule has 0 spiro atoms. The molecule has 1 amide bonds. The van der Waals surface area contributed by atoms with Gasteiger partial charge in [-0.1, -0.05) is 0 Å².